The van der Waals surface area contributed by atoms with Gasteiger partial charge in [0, 0.05) is 0 Å². The second-order valence-electron chi connectivity index (χ2n) is 3.48. The number of benzene rings is 1. The number of carboxylic acids is 1. The topological polar surface area (TPSA) is 84.9 Å². The molecule has 0 spiro atoms. The van der Waals surface area contributed by atoms with Gasteiger partial charge < -0.3 is 19.9 Å². The van der Waals surface area contributed by atoms with Gasteiger partial charge in [0.15, 0.2) is 11.5 Å². The van der Waals surface area contributed by atoms with E-state index in [1.54, 1.807) is 24.3 Å². The van der Waals surface area contributed by atoms with Gasteiger partial charge in [-0.05, 0) is 12.1 Å². The van der Waals surface area contributed by atoms with Gasteiger partial charge in [0.05, 0.1) is 0 Å². The molecule has 1 aromatic rings. The van der Waals surface area contributed by atoms with E-state index < -0.39 is 24.5 Å². The van der Waals surface area contributed by atoms with E-state index in [0.717, 1.165) is 0 Å². The van der Waals surface area contributed by atoms with Gasteiger partial charge in [0.1, 0.15) is 13.2 Å². The maximum Gasteiger partial charge on any atom is 0.322 e. The minimum absolute atomic E-state index is 0.0719. The van der Waals surface area contributed by atoms with E-state index in [4.69, 9.17) is 14.6 Å². The van der Waals surface area contributed by atoms with Crippen LogP contribution >= 0.6 is 0 Å². The Morgan fingerprint density at radius 1 is 1.35 bits per heavy atom. The summed E-state index contributed by atoms with van der Waals surface area (Å²) in [5.74, 6) is -0.540. The first kappa shape index (κ1) is 11.3. The molecule has 0 saturated heterocycles. The quantitative estimate of drug-likeness (QED) is 0.774. The van der Waals surface area contributed by atoms with E-state index in [1.807, 2.05) is 0 Å². The summed E-state index contributed by atoms with van der Waals surface area (Å²) in [6.45, 7) is -0.358. The molecule has 17 heavy (non-hydrogen) atoms. The molecule has 6 nitrogen and oxygen atoms in total. The van der Waals surface area contributed by atoms with Crippen molar-refractivity contribution in [1.29, 1.82) is 0 Å². The van der Waals surface area contributed by atoms with E-state index in [0.29, 0.717) is 11.5 Å². The van der Waals surface area contributed by atoms with Gasteiger partial charge in [-0.25, -0.2) is 0 Å². The zero-order valence-corrected chi connectivity index (χ0v) is 8.88. The largest absolute Gasteiger partial charge is 0.485 e. The predicted octanol–water partition coefficient (Wildman–Crippen LogP) is 0.0272. The van der Waals surface area contributed by atoms with E-state index in [2.05, 4.69) is 5.32 Å². The molecule has 1 aliphatic rings. The van der Waals surface area contributed by atoms with E-state index >= 15 is 0 Å². The molecule has 1 amide bonds. The zero-order valence-electron chi connectivity index (χ0n) is 8.88. The molecule has 0 fully saturated rings. The van der Waals surface area contributed by atoms with E-state index in [1.165, 1.54) is 0 Å². The Kier molecular flexibility index (Phi) is 3.13. The number of nitrogens with one attached hydrogen (secondary N) is 1. The number of ether oxygens (including phenoxy) is 2. The molecule has 0 bridgehead atoms. The number of amides is 1. The molecule has 0 saturated carbocycles. The number of hydrogen-bond acceptors (Lipinski definition) is 4. The summed E-state index contributed by atoms with van der Waals surface area (Å²) in [6.07, 6.45) is -0.816. The minimum atomic E-state index is -1.10. The average molecular weight is 237 g/mol. The first-order valence-corrected chi connectivity index (χ1v) is 5.05. The minimum Gasteiger partial charge on any atom is -0.485 e. The third-order valence-corrected chi connectivity index (χ3v) is 2.21. The Hall–Kier alpha value is -2.24. The number of rotatable bonds is 3. The van der Waals surface area contributed by atoms with Crippen molar-refractivity contribution in [3.63, 3.8) is 0 Å². The first-order valence-electron chi connectivity index (χ1n) is 5.05. The summed E-state index contributed by atoms with van der Waals surface area (Å²) >= 11 is 0. The van der Waals surface area contributed by atoms with Crippen molar-refractivity contribution >= 4 is 11.9 Å². The smallest absolute Gasteiger partial charge is 0.322 e. The Balaban J connectivity index is 1.97. The van der Waals surface area contributed by atoms with Crippen LogP contribution in [0.5, 0.6) is 11.5 Å². The monoisotopic (exact) mass is 237 g/mol. The SMILES string of the molecule is O=C(O)CNC(=O)[C@H]1COc2ccccc2O1. The second-order valence-corrected chi connectivity index (χ2v) is 3.48. The average Bonchev–Trinajstić information content (AvgIpc) is 2.35. The summed E-state index contributed by atoms with van der Waals surface area (Å²) in [7, 11) is 0. The lowest BCUT2D eigenvalue weighted by Crippen LogP contribution is -2.45. The predicted molar refractivity (Wildman–Crippen MR) is 57.0 cm³/mol. The maximum atomic E-state index is 11.5. The maximum absolute atomic E-state index is 11.5. The van der Waals surface area contributed by atoms with Crippen molar-refractivity contribution in [1.82, 2.24) is 5.32 Å². The van der Waals surface area contributed by atoms with Crippen LogP contribution in [0, 0.1) is 0 Å². The van der Waals surface area contributed by atoms with Crippen LogP contribution in [0.15, 0.2) is 24.3 Å². The van der Waals surface area contributed by atoms with Crippen molar-refractivity contribution in [2.24, 2.45) is 0 Å². The summed E-state index contributed by atoms with van der Waals surface area (Å²) < 4.78 is 10.7. The van der Waals surface area contributed by atoms with Gasteiger partial charge in [-0.3, -0.25) is 9.59 Å². The van der Waals surface area contributed by atoms with Gasteiger partial charge in [-0.15, -0.1) is 0 Å². The molecule has 0 unspecified atom stereocenters. The summed E-state index contributed by atoms with van der Waals surface area (Å²) in [4.78, 5) is 21.8. The first-order chi connectivity index (χ1) is 8.16. The van der Waals surface area contributed by atoms with E-state index in [9.17, 15) is 9.59 Å². The van der Waals surface area contributed by atoms with Crippen LogP contribution in [0.2, 0.25) is 0 Å². The highest BCUT2D eigenvalue weighted by Gasteiger charge is 2.27. The molecule has 1 heterocycles. The van der Waals surface area contributed by atoms with Gasteiger partial charge >= 0.3 is 5.97 Å². The molecule has 0 aliphatic carbocycles. The van der Waals surface area contributed by atoms with Crippen molar-refractivity contribution in [2.45, 2.75) is 6.10 Å². The third-order valence-electron chi connectivity index (χ3n) is 2.21. The Morgan fingerprint density at radius 2 is 2.06 bits per heavy atom. The molecule has 0 radical (unpaired) electrons. The van der Waals surface area contributed by atoms with Crippen molar-refractivity contribution < 1.29 is 24.2 Å². The Morgan fingerprint density at radius 3 is 2.76 bits per heavy atom. The van der Waals surface area contributed by atoms with Crippen LogP contribution in [-0.4, -0.2) is 36.2 Å². The van der Waals surface area contributed by atoms with E-state index in [-0.39, 0.29) is 6.61 Å². The second kappa shape index (κ2) is 4.73. The lowest BCUT2D eigenvalue weighted by Gasteiger charge is -2.25. The van der Waals surface area contributed by atoms with Crippen LogP contribution in [0.3, 0.4) is 0 Å². The van der Waals surface area contributed by atoms with Gasteiger partial charge in [-0.1, -0.05) is 12.1 Å². The number of carbonyl (C=O) groups excluding carboxylic acids is 1. The fourth-order valence-electron chi connectivity index (χ4n) is 1.43. The molecule has 1 aromatic carbocycles. The van der Waals surface area contributed by atoms with Crippen LogP contribution in [-0.2, 0) is 9.59 Å². The van der Waals surface area contributed by atoms with Crippen LogP contribution in [0.4, 0.5) is 0 Å². The Bertz CT molecular complexity index is 445. The molecule has 0 aromatic heterocycles. The van der Waals surface area contributed by atoms with Gasteiger partial charge in [0.25, 0.3) is 5.91 Å². The van der Waals surface area contributed by atoms with Gasteiger partial charge in [0.2, 0.25) is 6.10 Å². The molecular formula is C11H11NO5. The molecular weight excluding hydrogens is 226 g/mol. The number of carbonyl (C=O) groups is 2. The molecule has 2 N–H and O–H groups in total. The Labute approximate surface area is 97.1 Å². The number of fused-ring (bicyclic) bond motifs is 1. The lowest BCUT2D eigenvalue weighted by molar-refractivity contribution is -0.139. The number of para-hydroxylation sites is 2. The summed E-state index contributed by atoms with van der Waals surface area (Å²) in [5, 5.41) is 10.7. The molecule has 90 valence electrons. The van der Waals surface area contributed by atoms with Crippen molar-refractivity contribution in [3.05, 3.63) is 24.3 Å². The fraction of sp³-hybridized carbons (Fsp3) is 0.273. The number of carboxylic acid groups (broad SMARTS) is 1. The van der Waals surface area contributed by atoms with Crippen LogP contribution in [0.1, 0.15) is 0 Å². The molecule has 1 atom stereocenters. The highest BCUT2D eigenvalue weighted by molar-refractivity contribution is 5.85. The van der Waals surface area contributed by atoms with Crippen LogP contribution < -0.4 is 14.8 Å². The van der Waals surface area contributed by atoms with Crippen LogP contribution in [0.25, 0.3) is 0 Å². The van der Waals surface area contributed by atoms with Gasteiger partial charge in [-0.2, -0.15) is 0 Å². The highest BCUT2D eigenvalue weighted by atomic mass is 16.6. The number of hydrogen-bond donors (Lipinski definition) is 2. The standard InChI is InChI=1S/C11H11NO5/c13-10(14)5-12-11(15)9-6-16-7-3-1-2-4-8(7)17-9/h1-4,9H,5-6H2,(H,12,15)(H,13,14)/t9-/m1/s1. The normalized spacial score (nSPS) is 17.3. The lowest BCUT2D eigenvalue weighted by atomic mass is 10.2. The van der Waals surface area contributed by atoms with Crippen molar-refractivity contribution in [2.75, 3.05) is 13.2 Å². The fourth-order valence-corrected chi connectivity index (χ4v) is 1.43. The molecule has 1 aliphatic heterocycles. The summed E-state index contributed by atoms with van der Waals surface area (Å²) in [6, 6.07) is 6.99. The zero-order chi connectivity index (χ0) is 12.3. The summed E-state index contributed by atoms with van der Waals surface area (Å²) in [5.41, 5.74) is 0. The van der Waals surface area contributed by atoms with Crippen molar-refractivity contribution in [3.8, 4) is 11.5 Å². The highest BCUT2D eigenvalue weighted by Crippen LogP contribution is 2.30. The number of aliphatic carboxylic acids is 1. The molecule has 2 rings (SSSR count). The molecule has 6 heteroatoms. The third kappa shape index (κ3) is 2.66.